The van der Waals surface area contributed by atoms with Gasteiger partial charge in [-0.1, -0.05) is 29.8 Å². The maximum absolute atomic E-state index is 6.39. The van der Waals surface area contributed by atoms with Crippen LogP contribution in [-0.2, 0) is 6.54 Å². The second-order valence-electron chi connectivity index (χ2n) is 4.50. The average Bonchev–Trinajstić information content (AvgIpc) is 2.73. The number of allylic oxidation sites excluding steroid dienone is 3. The van der Waals surface area contributed by atoms with E-state index in [9.17, 15) is 0 Å². The highest BCUT2D eigenvalue weighted by atomic mass is 35.5. The Bertz CT molecular complexity index is 687. The number of terminal acetylenes is 1. The third-order valence-corrected chi connectivity index (χ3v) is 3.97. The predicted molar refractivity (Wildman–Crippen MR) is 84.3 cm³/mol. The van der Waals surface area contributed by atoms with E-state index in [0.29, 0.717) is 33.7 Å². The Morgan fingerprint density at radius 2 is 2.10 bits per heavy atom. The fraction of sp³-hybridized carbons (Fsp3) is 0.267. The molecule has 104 valence electrons. The van der Waals surface area contributed by atoms with Gasteiger partial charge in [-0.3, -0.25) is 4.68 Å². The molecule has 1 aliphatic rings. The summed E-state index contributed by atoms with van der Waals surface area (Å²) in [6.07, 6.45) is 7.37. The molecule has 20 heavy (non-hydrogen) atoms. The highest BCUT2D eigenvalue weighted by molar-refractivity contribution is 6.34. The van der Waals surface area contributed by atoms with Gasteiger partial charge in [0, 0.05) is 13.6 Å². The summed E-state index contributed by atoms with van der Waals surface area (Å²) in [7, 11) is 1.88. The fourth-order valence-corrected chi connectivity index (χ4v) is 2.77. The van der Waals surface area contributed by atoms with Crippen LogP contribution in [0.2, 0.25) is 5.02 Å². The van der Waals surface area contributed by atoms with Crippen LogP contribution >= 0.6 is 23.2 Å². The van der Waals surface area contributed by atoms with Crippen molar-refractivity contribution >= 4 is 28.9 Å². The van der Waals surface area contributed by atoms with E-state index in [0.717, 1.165) is 11.3 Å². The Morgan fingerprint density at radius 3 is 2.60 bits per heavy atom. The van der Waals surface area contributed by atoms with Gasteiger partial charge in [0.15, 0.2) is 0 Å². The van der Waals surface area contributed by atoms with Crippen molar-refractivity contribution in [1.82, 2.24) is 14.7 Å². The maximum atomic E-state index is 6.39. The molecule has 2 heterocycles. The van der Waals surface area contributed by atoms with Gasteiger partial charge in [0.05, 0.1) is 16.4 Å². The molecule has 0 aromatic carbocycles. The van der Waals surface area contributed by atoms with E-state index >= 15 is 0 Å². The van der Waals surface area contributed by atoms with Crippen LogP contribution < -0.4 is 0 Å². The van der Waals surface area contributed by atoms with Crippen LogP contribution in [0.15, 0.2) is 29.0 Å². The van der Waals surface area contributed by atoms with Gasteiger partial charge in [-0.25, -0.2) is 0 Å². The smallest absolute Gasteiger partial charge is 0.130 e. The van der Waals surface area contributed by atoms with Crippen molar-refractivity contribution in [2.75, 3.05) is 7.05 Å². The molecule has 1 aromatic heterocycles. The van der Waals surface area contributed by atoms with Gasteiger partial charge in [-0.15, -0.1) is 6.42 Å². The second kappa shape index (κ2) is 5.40. The van der Waals surface area contributed by atoms with Crippen molar-refractivity contribution in [2.24, 2.45) is 0 Å². The first kappa shape index (κ1) is 14.8. The normalized spacial score (nSPS) is 15.5. The van der Waals surface area contributed by atoms with E-state index in [1.807, 2.05) is 31.9 Å². The van der Waals surface area contributed by atoms with E-state index in [1.165, 1.54) is 0 Å². The number of hydrogen-bond donors (Lipinski definition) is 0. The van der Waals surface area contributed by atoms with Crippen molar-refractivity contribution in [3.8, 4) is 12.3 Å². The number of aromatic nitrogens is 2. The van der Waals surface area contributed by atoms with Crippen molar-refractivity contribution in [2.45, 2.75) is 20.4 Å². The Labute approximate surface area is 129 Å². The summed E-state index contributed by atoms with van der Waals surface area (Å²) >= 11 is 12.5. The lowest BCUT2D eigenvalue weighted by Gasteiger charge is -2.28. The third-order valence-electron chi connectivity index (χ3n) is 3.29. The van der Waals surface area contributed by atoms with Gasteiger partial charge < -0.3 is 4.90 Å². The number of halogens is 2. The molecular weight excluding hydrogens is 293 g/mol. The zero-order valence-corrected chi connectivity index (χ0v) is 13.2. The molecule has 0 radical (unpaired) electrons. The lowest BCUT2D eigenvalue weighted by molar-refractivity contribution is 0.593. The molecule has 0 unspecified atom stereocenters. The molecule has 0 saturated carbocycles. The van der Waals surface area contributed by atoms with E-state index in [1.54, 1.807) is 4.68 Å². The van der Waals surface area contributed by atoms with Gasteiger partial charge in [0.1, 0.15) is 16.4 Å². The Balaban J connectivity index is 2.69. The maximum Gasteiger partial charge on any atom is 0.130 e. The number of nitrogens with zero attached hydrogens (tertiary/aromatic N) is 3. The van der Waals surface area contributed by atoms with Crippen LogP contribution in [0.25, 0.3) is 5.70 Å². The fourth-order valence-electron chi connectivity index (χ4n) is 2.21. The molecule has 0 fully saturated rings. The summed E-state index contributed by atoms with van der Waals surface area (Å²) in [5.41, 5.74) is 3.79. The summed E-state index contributed by atoms with van der Waals surface area (Å²) in [6.45, 7) is 8.54. The SMILES string of the molecule is C#Cc1c(Cl)c(C2=C(C)C=C(Cl)C(=C)N2C)nn1CC. The molecule has 0 spiro atoms. The Kier molecular flexibility index (Phi) is 3.99. The minimum atomic E-state index is 0.481. The summed E-state index contributed by atoms with van der Waals surface area (Å²) in [6, 6.07) is 0. The molecule has 5 heteroatoms. The summed E-state index contributed by atoms with van der Waals surface area (Å²) in [5.74, 6) is 2.59. The molecule has 3 nitrogen and oxygen atoms in total. The van der Waals surface area contributed by atoms with E-state index < -0.39 is 0 Å². The molecule has 0 amide bonds. The van der Waals surface area contributed by atoms with Crippen LogP contribution in [-0.4, -0.2) is 21.7 Å². The summed E-state index contributed by atoms with van der Waals surface area (Å²) in [4.78, 5) is 1.88. The lowest BCUT2D eigenvalue weighted by atomic mass is 10.1. The Hall–Kier alpha value is -1.63. The second-order valence-corrected chi connectivity index (χ2v) is 5.29. The summed E-state index contributed by atoms with van der Waals surface area (Å²) in [5, 5.41) is 5.60. The number of rotatable bonds is 2. The minimum Gasteiger partial charge on any atom is -0.342 e. The molecule has 1 aliphatic heterocycles. The van der Waals surface area contributed by atoms with Crippen molar-refractivity contribution < 1.29 is 0 Å². The first-order valence-corrected chi connectivity index (χ1v) is 6.92. The molecule has 2 rings (SSSR count). The molecule has 0 bridgehead atoms. The lowest BCUT2D eigenvalue weighted by Crippen LogP contribution is -2.20. The van der Waals surface area contributed by atoms with E-state index in [4.69, 9.17) is 29.6 Å². The Morgan fingerprint density at radius 1 is 1.45 bits per heavy atom. The van der Waals surface area contributed by atoms with Gasteiger partial charge in [0.25, 0.3) is 0 Å². The minimum absolute atomic E-state index is 0.481. The van der Waals surface area contributed by atoms with Crippen molar-refractivity contribution in [3.05, 3.63) is 45.4 Å². The van der Waals surface area contributed by atoms with Crippen LogP contribution in [0.3, 0.4) is 0 Å². The highest BCUT2D eigenvalue weighted by Crippen LogP contribution is 2.37. The standard InChI is InChI=1S/C15H15Cl2N3/c1-6-12-13(17)14(18-20(12)7-2)15-9(3)8-11(16)10(4)19(15)5/h1,8H,4,7H2,2-3,5H3. The third kappa shape index (κ3) is 2.15. The van der Waals surface area contributed by atoms with Gasteiger partial charge in [0.2, 0.25) is 0 Å². The molecular formula is C15H15Cl2N3. The number of aryl methyl sites for hydroxylation is 1. The number of likely N-dealkylation sites (N-methyl/N-ethyl adjacent to an activating group) is 1. The largest absolute Gasteiger partial charge is 0.342 e. The molecule has 1 aromatic rings. The zero-order chi connectivity index (χ0) is 15.0. The predicted octanol–water partition coefficient (Wildman–Crippen LogP) is 3.85. The van der Waals surface area contributed by atoms with Gasteiger partial charge >= 0.3 is 0 Å². The first-order chi connectivity index (χ1) is 9.42. The van der Waals surface area contributed by atoms with Crippen LogP contribution in [0.1, 0.15) is 25.2 Å². The van der Waals surface area contributed by atoms with Gasteiger partial charge in [-0.05, 0) is 31.4 Å². The van der Waals surface area contributed by atoms with Crippen LogP contribution in [0, 0.1) is 12.3 Å². The van der Waals surface area contributed by atoms with Crippen molar-refractivity contribution in [3.63, 3.8) is 0 Å². The topological polar surface area (TPSA) is 21.1 Å². The number of hydrogen-bond acceptors (Lipinski definition) is 2. The quantitative estimate of drug-likeness (QED) is 0.774. The average molecular weight is 308 g/mol. The zero-order valence-electron chi connectivity index (χ0n) is 11.7. The monoisotopic (exact) mass is 307 g/mol. The van der Waals surface area contributed by atoms with Crippen LogP contribution in [0.5, 0.6) is 0 Å². The molecule has 0 N–H and O–H groups in total. The first-order valence-electron chi connectivity index (χ1n) is 6.16. The highest BCUT2D eigenvalue weighted by Gasteiger charge is 2.26. The molecule has 0 aliphatic carbocycles. The van der Waals surface area contributed by atoms with Crippen molar-refractivity contribution in [1.29, 1.82) is 0 Å². The van der Waals surface area contributed by atoms with E-state index in [2.05, 4.69) is 17.6 Å². The van der Waals surface area contributed by atoms with Crippen LogP contribution in [0.4, 0.5) is 0 Å². The summed E-state index contributed by atoms with van der Waals surface area (Å²) < 4.78 is 1.72. The molecule has 0 atom stereocenters. The van der Waals surface area contributed by atoms with Gasteiger partial charge in [-0.2, -0.15) is 5.10 Å². The van der Waals surface area contributed by atoms with E-state index in [-0.39, 0.29) is 0 Å². The molecule has 0 saturated heterocycles.